The van der Waals surface area contributed by atoms with E-state index >= 15 is 0 Å². The highest BCUT2D eigenvalue weighted by molar-refractivity contribution is 5.70. The van der Waals surface area contributed by atoms with Crippen molar-refractivity contribution in [1.82, 2.24) is 9.97 Å². The number of benzene rings is 1. The number of hydrogen-bond donors (Lipinski definition) is 1. The van der Waals surface area contributed by atoms with Crippen LogP contribution in [-0.2, 0) is 0 Å². The van der Waals surface area contributed by atoms with Gasteiger partial charge in [0, 0.05) is 18.7 Å². The van der Waals surface area contributed by atoms with Crippen molar-refractivity contribution in [2.75, 3.05) is 12.4 Å². The lowest BCUT2D eigenvalue weighted by atomic mass is 10.1. The van der Waals surface area contributed by atoms with Crippen molar-refractivity contribution >= 4 is 11.6 Å². The van der Waals surface area contributed by atoms with Crippen LogP contribution in [0.2, 0.25) is 0 Å². The van der Waals surface area contributed by atoms with E-state index in [0.29, 0.717) is 6.07 Å². The van der Waals surface area contributed by atoms with Crippen LogP contribution in [0.1, 0.15) is 0 Å². The summed E-state index contributed by atoms with van der Waals surface area (Å²) in [5.74, 6) is -1.56. The molecule has 0 unspecified atom stereocenters. The van der Waals surface area contributed by atoms with Crippen LogP contribution in [0.3, 0.4) is 0 Å². The van der Waals surface area contributed by atoms with Gasteiger partial charge in [-0.3, -0.25) is 10.1 Å². The molecule has 0 radical (unpaired) electrons. The molecule has 98 valence electrons. The Morgan fingerprint density at radius 1 is 1.26 bits per heavy atom. The van der Waals surface area contributed by atoms with E-state index in [4.69, 9.17) is 0 Å². The normalized spacial score (nSPS) is 10.3. The van der Waals surface area contributed by atoms with Crippen LogP contribution in [0.4, 0.5) is 20.4 Å². The van der Waals surface area contributed by atoms with Crippen LogP contribution in [0.25, 0.3) is 11.3 Å². The van der Waals surface area contributed by atoms with E-state index in [2.05, 4.69) is 15.3 Å². The topological polar surface area (TPSA) is 81.0 Å². The summed E-state index contributed by atoms with van der Waals surface area (Å²) in [6, 6.07) is 2.62. The zero-order valence-corrected chi connectivity index (χ0v) is 9.72. The molecule has 0 saturated heterocycles. The smallest absolute Gasteiger partial charge is 0.313 e. The number of nitrogens with zero attached hydrogens (tertiary/aromatic N) is 3. The number of aromatic nitrogens is 2. The fourth-order valence-corrected chi connectivity index (χ4v) is 1.53. The third-order valence-corrected chi connectivity index (χ3v) is 2.33. The number of hydrogen-bond acceptors (Lipinski definition) is 5. The van der Waals surface area contributed by atoms with Crippen LogP contribution >= 0.6 is 0 Å². The molecule has 19 heavy (non-hydrogen) atoms. The molecule has 0 bridgehead atoms. The Morgan fingerprint density at radius 3 is 2.42 bits per heavy atom. The second kappa shape index (κ2) is 4.92. The third-order valence-electron chi connectivity index (χ3n) is 2.33. The standard InChI is InChI=1S/C11H8F2N4O2/c1-14-11-15-5-9(17(18)19)10(16-11)6-2-7(12)4-8(13)3-6/h2-5H,1H3,(H,14,15,16). The van der Waals surface area contributed by atoms with Gasteiger partial charge in [-0.25, -0.2) is 18.7 Å². The zero-order valence-electron chi connectivity index (χ0n) is 9.72. The lowest BCUT2D eigenvalue weighted by molar-refractivity contribution is -0.384. The van der Waals surface area contributed by atoms with Gasteiger partial charge in [0.1, 0.15) is 17.8 Å². The van der Waals surface area contributed by atoms with E-state index in [-0.39, 0.29) is 17.2 Å². The van der Waals surface area contributed by atoms with Crippen molar-refractivity contribution in [3.8, 4) is 11.3 Å². The number of nitro groups is 1. The maximum atomic E-state index is 13.2. The molecule has 1 aromatic carbocycles. The Labute approximate surface area is 106 Å². The number of halogens is 2. The molecule has 2 rings (SSSR count). The number of anilines is 1. The predicted octanol–water partition coefficient (Wildman–Crippen LogP) is 2.37. The highest BCUT2D eigenvalue weighted by Gasteiger charge is 2.19. The molecule has 0 aliphatic carbocycles. The summed E-state index contributed by atoms with van der Waals surface area (Å²) in [7, 11) is 1.52. The maximum absolute atomic E-state index is 13.2. The van der Waals surface area contributed by atoms with Crippen molar-refractivity contribution < 1.29 is 13.7 Å². The van der Waals surface area contributed by atoms with Crippen molar-refractivity contribution in [3.63, 3.8) is 0 Å². The summed E-state index contributed by atoms with van der Waals surface area (Å²) in [5, 5.41) is 13.5. The average Bonchev–Trinajstić information content (AvgIpc) is 2.36. The minimum Gasteiger partial charge on any atom is -0.357 e. The molecule has 2 aromatic rings. The van der Waals surface area contributed by atoms with Gasteiger partial charge in [0.25, 0.3) is 0 Å². The van der Waals surface area contributed by atoms with Crippen LogP contribution < -0.4 is 5.32 Å². The second-order valence-electron chi connectivity index (χ2n) is 3.59. The first-order chi connectivity index (χ1) is 9.01. The Bertz CT molecular complexity index is 628. The summed E-state index contributed by atoms with van der Waals surface area (Å²) < 4.78 is 26.3. The molecule has 1 aromatic heterocycles. The summed E-state index contributed by atoms with van der Waals surface area (Å²) in [6.07, 6.45) is 0.983. The fraction of sp³-hybridized carbons (Fsp3) is 0.0909. The SMILES string of the molecule is CNc1ncc([N+](=O)[O-])c(-c2cc(F)cc(F)c2)n1. The van der Waals surface area contributed by atoms with Gasteiger partial charge in [-0.05, 0) is 12.1 Å². The van der Waals surface area contributed by atoms with Crippen LogP contribution in [0, 0.1) is 21.7 Å². The lowest BCUT2D eigenvalue weighted by Gasteiger charge is -2.05. The van der Waals surface area contributed by atoms with E-state index in [1.165, 1.54) is 7.05 Å². The number of rotatable bonds is 3. The van der Waals surface area contributed by atoms with E-state index in [0.717, 1.165) is 18.3 Å². The van der Waals surface area contributed by atoms with Gasteiger partial charge in [0.05, 0.1) is 4.92 Å². The molecule has 0 atom stereocenters. The second-order valence-corrected chi connectivity index (χ2v) is 3.59. The van der Waals surface area contributed by atoms with E-state index < -0.39 is 22.2 Å². The van der Waals surface area contributed by atoms with Gasteiger partial charge in [-0.2, -0.15) is 0 Å². The molecule has 1 N–H and O–H groups in total. The minimum absolute atomic E-state index is 0.0249. The van der Waals surface area contributed by atoms with E-state index in [9.17, 15) is 18.9 Å². The minimum atomic E-state index is -0.839. The van der Waals surface area contributed by atoms with Gasteiger partial charge in [0.15, 0.2) is 5.69 Å². The highest BCUT2D eigenvalue weighted by Crippen LogP contribution is 2.29. The van der Waals surface area contributed by atoms with Crippen molar-refractivity contribution in [2.45, 2.75) is 0 Å². The Morgan fingerprint density at radius 2 is 1.89 bits per heavy atom. The Balaban J connectivity index is 2.67. The summed E-state index contributed by atoms with van der Waals surface area (Å²) >= 11 is 0. The van der Waals surface area contributed by atoms with Gasteiger partial charge in [-0.1, -0.05) is 0 Å². The monoisotopic (exact) mass is 266 g/mol. The largest absolute Gasteiger partial charge is 0.357 e. The Kier molecular flexibility index (Phi) is 3.32. The maximum Gasteiger partial charge on any atom is 0.313 e. The van der Waals surface area contributed by atoms with Gasteiger partial charge in [0.2, 0.25) is 5.95 Å². The molecule has 0 fully saturated rings. The van der Waals surface area contributed by atoms with E-state index in [1.807, 2.05) is 0 Å². The van der Waals surface area contributed by atoms with Gasteiger partial charge < -0.3 is 5.32 Å². The van der Waals surface area contributed by atoms with Crippen LogP contribution in [0.15, 0.2) is 24.4 Å². The molecular weight excluding hydrogens is 258 g/mol. The molecule has 8 heteroatoms. The molecule has 0 amide bonds. The molecular formula is C11H8F2N4O2. The van der Waals surface area contributed by atoms with Crippen molar-refractivity contribution in [1.29, 1.82) is 0 Å². The van der Waals surface area contributed by atoms with E-state index in [1.54, 1.807) is 0 Å². The molecule has 0 aliphatic rings. The highest BCUT2D eigenvalue weighted by atomic mass is 19.1. The van der Waals surface area contributed by atoms with Crippen molar-refractivity contribution in [3.05, 3.63) is 46.1 Å². The number of nitrogens with one attached hydrogen (secondary N) is 1. The lowest BCUT2D eigenvalue weighted by Crippen LogP contribution is -2.02. The molecule has 0 saturated carbocycles. The first-order valence-corrected chi connectivity index (χ1v) is 5.17. The quantitative estimate of drug-likeness (QED) is 0.681. The van der Waals surface area contributed by atoms with Crippen LogP contribution in [0.5, 0.6) is 0 Å². The van der Waals surface area contributed by atoms with Crippen LogP contribution in [-0.4, -0.2) is 21.9 Å². The fourth-order valence-electron chi connectivity index (χ4n) is 1.53. The average molecular weight is 266 g/mol. The summed E-state index contributed by atoms with van der Waals surface area (Å²) in [6.45, 7) is 0. The van der Waals surface area contributed by atoms with Gasteiger partial charge in [-0.15, -0.1) is 0 Å². The molecule has 0 aliphatic heterocycles. The zero-order chi connectivity index (χ0) is 14.0. The molecule has 1 heterocycles. The van der Waals surface area contributed by atoms with Gasteiger partial charge >= 0.3 is 5.69 Å². The summed E-state index contributed by atoms with van der Waals surface area (Å²) in [5.41, 5.74) is -0.602. The summed E-state index contributed by atoms with van der Waals surface area (Å²) in [4.78, 5) is 17.7. The third kappa shape index (κ3) is 2.62. The Hall–Kier alpha value is -2.64. The first-order valence-electron chi connectivity index (χ1n) is 5.17. The van der Waals surface area contributed by atoms with Crippen molar-refractivity contribution in [2.24, 2.45) is 0 Å². The first kappa shape index (κ1) is 12.8. The molecule has 6 nitrogen and oxygen atoms in total. The predicted molar refractivity (Wildman–Crippen MR) is 63.6 cm³/mol. The molecule has 0 spiro atoms.